The first-order valence-electron chi connectivity index (χ1n) is 15.3. The van der Waals surface area contributed by atoms with E-state index < -0.39 is 14.1 Å². The Labute approximate surface area is 284 Å². The Balaban J connectivity index is 1.73. The third kappa shape index (κ3) is 10.5. The zero-order chi connectivity index (χ0) is 33.4. The Kier molecular flexibility index (Phi) is 16.5. The molecule has 11 heteroatoms. The minimum atomic E-state index is -1.24. The molecule has 1 unspecified atom stereocenters. The molecule has 0 spiro atoms. The van der Waals surface area contributed by atoms with E-state index in [1.54, 1.807) is 42.9 Å². The molecule has 0 aliphatic rings. The fourth-order valence-corrected chi connectivity index (χ4v) is 8.40. The lowest BCUT2D eigenvalue weighted by atomic mass is 9.80. The van der Waals surface area contributed by atoms with E-state index in [1.165, 1.54) is 0 Å². The van der Waals surface area contributed by atoms with Gasteiger partial charge in [0.25, 0.3) is 8.53 Å². The van der Waals surface area contributed by atoms with Gasteiger partial charge in [-0.05, 0) is 80.8 Å². The molecule has 0 saturated carbocycles. The predicted octanol–water partition coefficient (Wildman–Crippen LogP) is 8.69. The second kappa shape index (κ2) is 20.0. The van der Waals surface area contributed by atoms with Crippen molar-refractivity contribution >= 4 is 30.1 Å². The van der Waals surface area contributed by atoms with E-state index in [9.17, 15) is 0 Å². The van der Waals surface area contributed by atoms with Crippen LogP contribution in [0.1, 0.15) is 50.8 Å². The van der Waals surface area contributed by atoms with Crippen molar-refractivity contribution in [3.05, 3.63) is 89.5 Å². The molecule has 3 aromatic rings. The average Bonchev–Trinajstić information content (AvgIpc) is 3.07. The first-order valence-corrected chi connectivity index (χ1v) is 19.0. The summed E-state index contributed by atoms with van der Waals surface area (Å²) in [7, 11) is 7.26. The van der Waals surface area contributed by atoms with Crippen LogP contribution < -0.4 is 14.2 Å². The first-order chi connectivity index (χ1) is 22.3. The van der Waals surface area contributed by atoms with E-state index in [-0.39, 0.29) is 12.1 Å². The van der Waals surface area contributed by atoms with Crippen LogP contribution in [0.4, 0.5) is 0 Å². The van der Waals surface area contributed by atoms with Crippen molar-refractivity contribution < 1.29 is 28.0 Å². The summed E-state index contributed by atoms with van der Waals surface area (Å²) in [5.41, 5.74) is 2.07. The van der Waals surface area contributed by atoms with E-state index in [0.717, 1.165) is 45.4 Å². The molecule has 0 radical (unpaired) electrons. The highest BCUT2D eigenvalue weighted by Gasteiger charge is 2.38. The third-order valence-corrected chi connectivity index (χ3v) is 11.5. The maximum atomic E-state index is 8.95. The van der Waals surface area contributed by atoms with Gasteiger partial charge in [0.05, 0.1) is 53.6 Å². The van der Waals surface area contributed by atoms with Gasteiger partial charge < -0.3 is 28.0 Å². The monoisotopic (exact) mass is 686 g/mol. The summed E-state index contributed by atoms with van der Waals surface area (Å²) in [6, 6.07) is 26.8. The average molecular weight is 687 g/mol. The molecule has 46 heavy (non-hydrogen) atoms. The second-order valence-corrected chi connectivity index (χ2v) is 14.9. The molecule has 0 heterocycles. The van der Waals surface area contributed by atoms with Crippen molar-refractivity contribution in [1.29, 1.82) is 5.26 Å². The molecule has 3 aromatic carbocycles. The quantitative estimate of drug-likeness (QED) is 0.0470. The summed E-state index contributed by atoms with van der Waals surface area (Å²) in [4.78, 5) is 0. The Morgan fingerprint density at radius 2 is 1.04 bits per heavy atom. The van der Waals surface area contributed by atoms with Gasteiger partial charge in [-0.15, -0.1) is 0 Å². The normalized spacial score (nSPS) is 12.4. The van der Waals surface area contributed by atoms with Crippen LogP contribution in [-0.4, -0.2) is 69.4 Å². The lowest BCUT2D eigenvalue weighted by Gasteiger charge is -2.36. The van der Waals surface area contributed by atoms with E-state index in [4.69, 9.17) is 33.3 Å². The highest BCUT2D eigenvalue weighted by Crippen LogP contribution is 2.46. The van der Waals surface area contributed by atoms with E-state index >= 15 is 0 Å². The molecule has 0 amide bonds. The lowest BCUT2D eigenvalue weighted by molar-refractivity contribution is 0.0233. The van der Waals surface area contributed by atoms with Gasteiger partial charge in [0, 0.05) is 23.6 Å². The summed E-state index contributed by atoms with van der Waals surface area (Å²) < 4.78 is 37.8. The minimum Gasteiger partial charge on any atom is -0.497 e. The maximum absolute atomic E-state index is 8.95. The second-order valence-electron chi connectivity index (χ2n) is 10.7. The zero-order valence-corrected chi connectivity index (χ0v) is 30.5. The summed E-state index contributed by atoms with van der Waals surface area (Å²) in [5, 5.41) is 8.95. The van der Waals surface area contributed by atoms with Crippen molar-refractivity contribution in [2.45, 2.75) is 51.8 Å². The summed E-state index contributed by atoms with van der Waals surface area (Å²) in [6.07, 6.45) is 0.349. The number of methoxy groups -OCH3 is 3. The predicted molar refractivity (Wildman–Crippen MR) is 191 cm³/mol. The minimum absolute atomic E-state index is 0.273. The Morgan fingerprint density at radius 1 is 0.652 bits per heavy atom. The van der Waals surface area contributed by atoms with Gasteiger partial charge in [-0.25, -0.2) is 4.67 Å². The van der Waals surface area contributed by atoms with Gasteiger partial charge in [0.1, 0.15) is 22.8 Å². The molecule has 0 saturated heterocycles. The molecule has 0 aromatic heterocycles. The molecular formula is C35H47N2O6PS2. The van der Waals surface area contributed by atoms with Gasteiger partial charge in [0.15, 0.2) is 0 Å². The van der Waals surface area contributed by atoms with Crippen molar-refractivity contribution in [2.75, 3.05) is 52.7 Å². The Hall–Kier alpha value is -2.48. The van der Waals surface area contributed by atoms with Crippen LogP contribution in [0, 0.1) is 11.3 Å². The zero-order valence-electron chi connectivity index (χ0n) is 27.9. The van der Waals surface area contributed by atoms with Crippen LogP contribution in [0.2, 0.25) is 0 Å². The molecule has 0 bridgehead atoms. The number of benzene rings is 3. The highest BCUT2D eigenvalue weighted by atomic mass is 33.1. The number of hydrogen-bond donors (Lipinski definition) is 0. The smallest absolute Gasteiger partial charge is 0.259 e. The van der Waals surface area contributed by atoms with E-state index in [1.807, 2.05) is 36.4 Å². The first kappa shape index (κ1) is 38.0. The molecular weight excluding hydrogens is 640 g/mol. The Morgan fingerprint density at radius 3 is 1.41 bits per heavy atom. The van der Waals surface area contributed by atoms with Crippen LogP contribution in [0.15, 0.2) is 72.8 Å². The molecule has 0 N–H and O–H groups in total. The number of ether oxygens (including phenoxy) is 4. The fourth-order valence-electron chi connectivity index (χ4n) is 5.04. The molecule has 3 rings (SSSR count). The fraction of sp³-hybridized carbons (Fsp3) is 0.457. The summed E-state index contributed by atoms with van der Waals surface area (Å²) in [6.45, 7) is 9.99. The Bertz CT molecular complexity index is 1200. The largest absolute Gasteiger partial charge is 0.497 e. The number of hydrogen-bond acceptors (Lipinski definition) is 10. The molecule has 1 atom stereocenters. The van der Waals surface area contributed by atoms with Crippen molar-refractivity contribution in [3.63, 3.8) is 0 Å². The SMILES string of the molecule is COc1ccc(C(OCCSSCCOP(OCCC#N)N(C(C)C)C(C)C)(c2ccc(OC)cc2)c2ccc(OC)cc2)cc1. The highest BCUT2D eigenvalue weighted by molar-refractivity contribution is 8.76. The number of nitriles is 1. The van der Waals surface area contributed by atoms with Gasteiger partial charge >= 0.3 is 0 Å². The van der Waals surface area contributed by atoms with Crippen LogP contribution in [0.25, 0.3) is 0 Å². The molecule has 8 nitrogen and oxygen atoms in total. The topological polar surface area (TPSA) is 82.4 Å². The molecule has 0 fully saturated rings. The van der Waals surface area contributed by atoms with Crippen molar-refractivity contribution in [3.8, 4) is 23.3 Å². The van der Waals surface area contributed by atoms with Crippen molar-refractivity contribution in [2.24, 2.45) is 0 Å². The maximum Gasteiger partial charge on any atom is 0.259 e. The van der Waals surface area contributed by atoms with Crippen LogP contribution in [-0.2, 0) is 19.4 Å². The van der Waals surface area contributed by atoms with Gasteiger partial charge in [-0.2, -0.15) is 5.26 Å². The van der Waals surface area contributed by atoms with Gasteiger partial charge in [-0.3, -0.25) is 0 Å². The van der Waals surface area contributed by atoms with Crippen LogP contribution in [0.5, 0.6) is 17.2 Å². The number of nitrogens with zero attached hydrogens (tertiary/aromatic N) is 2. The lowest BCUT2D eigenvalue weighted by Crippen LogP contribution is -2.34. The van der Waals surface area contributed by atoms with Crippen molar-refractivity contribution in [1.82, 2.24) is 4.67 Å². The summed E-state index contributed by atoms with van der Waals surface area (Å²) in [5.74, 6) is 3.91. The van der Waals surface area contributed by atoms with Gasteiger partial charge in [0.2, 0.25) is 0 Å². The molecule has 0 aliphatic carbocycles. The van der Waals surface area contributed by atoms with Gasteiger partial charge in [-0.1, -0.05) is 58.0 Å². The summed E-state index contributed by atoms with van der Waals surface area (Å²) >= 11 is 0. The van der Waals surface area contributed by atoms with Crippen LogP contribution >= 0.6 is 30.1 Å². The van der Waals surface area contributed by atoms with E-state index in [2.05, 4.69) is 74.8 Å². The van der Waals surface area contributed by atoms with Crippen LogP contribution in [0.3, 0.4) is 0 Å². The molecule has 0 aliphatic heterocycles. The third-order valence-electron chi connectivity index (χ3n) is 7.09. The molecule has 250 valence electrons. The number of rotatable bonds is 21. The van der Waals surface area contributed by atoms with E-state index in [0.29, 0.717) is 26.2 Å². The standard InChI is InChI=1S/C35H47N2O6PS2/c1-27(2)37(28(3)4)44(42-22-8-21-36)43-24-26-46-45-25-23-41-35(29-9-15-32(38-5)16-10-29,30-11-17-33(39-6)18-12-30)31-13-19-34(40-7)20-14-31/h9-20,27-28H,8,22-26H2,1-7H3.